The number of pyridine rings is 1. The Kier molecular flexibility index (Phi) is 2.78. The fourth-order valence-electron chi connectivity index (χ4n) is 1.54. The first kappa shape index (κ1) is 10.9. The molecule has 1 aromatic heterocycles. The van der Waals surface area contributed by atoms with Crippen LogP contribution in [0.15, 0.2) is 28.9 Å². The smallest absolute Gasteiger partial charge is 0.409 e. The SMILES string of the molecule is Cc1c(NC(=O)O)cnc2ccc(Br)cc12. The van der Waals surface area contributed by atoms with Gasteiger partial charge in [0.05, 0.1) is 17.4 Å². The molecule has 16 heavy (non-hydrogen) atoms. The molecule has 2 rings (SSSR count). The van der Waals surface area contributed by atoms with E-state index in [2.05, 4.69) is 26.2 Å². The Bertz CT molecular complexity index is 569. The third-order valence-electron chi connectivity index (χ3n) is 2.34. The summed E-state index contributed by atoms with van der Waals surface area (Å²) in [4.78, 5) is 14.8. The van der Waals surface area contributed by atoms with Crippen molar-refractivity contribution >= 4 is 38.6 Å². The molecule has 2 N–H and O–H groups in total. The van der Waals surface area contributed by atoms with Crippen LogP contribution in [-0.4, -0.2) is 16.2 Å². The van der Waals surface area contributed by atoms with Gasteiger partial charge < -0.3 is 5.11 Å². The maximum atomic E-state index is 10.6. The van der Waals surface area contributed by atoms with Gasteiger partial charge in [-0.3, -0.25) is 10.3 Å². The molecule has 0 radical (unpaired) electrons. The zero-order chi connectivity index (χ0) is 11.7. The number of nitrogens with one attached hydrogen (secondary N) is 1. The second kappa shape index (κ2) is 4.09. The summed E-state index contributed by atoms with van der Waals surface area (Å²) in [6.07, 6.45) is 0.443. The lowest BCUT2D eigenvalue weighted by atomic mass is 10.1. The summed E-state index contributed by atoms with van der Waals surface area (Å²) >= 11 is 3.38. The van der Waals surface area contributed by atoms with Crippen molar-refractivity contribution in [3.05, 3.63) is 34.4 Å². The predicted octanol–water partition coefficient (Wildman–Crippen LogP) is 3.40. The van der Waals surface area contributed by atoms with E-state index in [0.717, 1.165) is 20.9 Å². The van der Waals surface area contributed by atoms with Crippen molar-refractivity contribution in [2.45, 2.75) is 6.92 Å². The van der Waals surface area contributed by atoms with Crippen LogP contribution in [-0.2, 0) is 0 Å². The summed E-state index contributed by atoms with van der Waals surface area (Å²) in [5.74, 6) is 0. The zero-order valence-electron chi connectivity index (χ0n) is 8.49. The van der Waals surface area contributed by atoms with E-state index in [0.29, 0.717) is 5.69 Å². The second-order valence-electron chi connectivity index (χ2n) is 3.39. The number of aromatic nitrogens is 1. The van der Waals surface area contributed by atoms with Gasteiger partial charge in [-0.25, -0.2) is 4.79 Å². The summed E-state index contributed by atoms with van der Waals surface area (Å²) in [5.41, 5.74) is 2.23. The summed E-state index contributed by atoms with van der Waals surface area (Å²) in [7, 11) is 0. The lowest BCUT2D eigenvalue weighted by molar-refractivity contribution is 0.209. The summed E-state index contributed by atoms with van der Waals surface area (Å²) in [6.45, 7) is 1.86. The number of rotatable bonds is 1. The van der Waals surface area contributed by atoms with Gasteiger partial charge in [-0.1, -0.05) is 15.9 Å². The number of fused-ring (bicyclic) bond motifs is 1. The highest BCUT2D eigenvalue weighted by Crippen LogP contribution is 2.26. The maximum absolute atomic E-state index is 10.6. The number of anilines is 1. The van der Waals surface area contributed by atoms with Crippen LogP contribution in [0.1, 0.15) is 5.56 Å². The number of carbonyl (C=O) groups is 1. The molecule has 0 bridgehead atoms. The summed E-state index contributed by atoms with van der Waals surface area (Å²) in [6, 6.07) is 5.71. The third-order valence-corrected chi connectivity index (χ3v) is 2.83. The number of nitrogens with zero attached hydrogens (tertiary/aromatic N) is 1. The highest BCUT2D eigenvalue weighted by Gasteiger charge is 2.07. The molecule has 2 aromatic rings. The van der Waals surface area contributed by atoms with Gasteiger partial charge in [0.25, 0.3) is 0 Å². The number of hydrogen-bond acceptors (Lipinski definition) is 2. The molecule has 82 valence electrons. The Morgan fingerprint density at radius 1 is 1.50 bits per heavy atom. The van der Waals surface area contributed by atoms with Crippen molar-refractivity contribution < 1.29 is 9.90 Å². The molecule has 4 nitrogen and oxygen atoms in total. The number of benzene rings is 1. The van der Waals surface area contributed by atoms with E-state index in [1.54, 1.807) is 0 Å². The predicted molar refractivity (Wildman–Crippen MR) is 65.8 cm³/mol. The van der Waals surface area contributed by atoms with E-state index in [1.807, 2.05) is 25.1 Å². The Balaban J connectivity index is 2.63. The largest absolute Gasteiger partial charge is 0.465 e. The number of halogens is 1. The first-order valence-electron chi connectivity index (χ1n) is 4.63. The highest BCUT2D eigenvalue weighted by atomic mass is 79.9. The Morgan fingerprint density at radius 3 is 2.94 bits per heavy atom. The maximum Gasteiger partial charge on any atom is 0.409 e. The lowest BCUT2D eigenvalue weighted by Gasteiger charge is -2.08. The van der Waals surface area contributed by atoms with E-state index < -0.39 is 6.09 Å². The van der Waals surface area contributed by atoms with Gasteiger partial charge in [-0.2, -0.15) is 0 Å². The van der Waals surface area contributed by atoms with Gasteiger partial charge in [0.2, 0.25) is 0 Å². The summed E-state index contributed by atoms with van der Waals surface area (Å²) < 4.78 is 0.942. The van der Waals surface area contributed by atoms with E-state index in [9.17, 15) is 4.79 Å². The van der Waals surface area contributed by atoms with Gasteiger partial charge in [0.1, 0.15) is 0 Å². The molecule has 1 aromatic carbocycles. The van der Waals surface area contributed by atoms with Gasteiger partial charge in [-0.15, -0.1) is 0 Å². The quantitative estimate of drug-likeness (QED) is 0.842. The number of aryl methyl sites for hydroxylation is 1. The van der Waals surface area contributed by atoms with E-state index in [1.165, 1.54) is 6.20 Å². The van der Waals surface area contributed by atoms with Gasteiger partial charge in [0.15, 0.2) is 0 Å². The first-order valence-corrected chi connectivity index (χ1v) is 5.42. The Labute approximate surface area is 100 Å². The minimum Gasteiger partial charge on any atom is -0.465 e. The second-order valence-corrected chi connectivity index (χ2v) is 4.30. The van der Waals surface area contributed by atoms with Crippen molar-refractivity contribution in [3.8, 4) is 0 Å². The topological polar surface area (TPSA) is 62.2 Å². The average Bonchev–Trinajstić information content (AvgIpc) is 2.22. The minimum absolute atomic E-state index is 0.512. The molecule has 0 saturated carbocycles. The van der Waals surface area contributed by atoms with Crippen molar-refractivity contribution in [3.63, 3.8) is 0 Å². The Hall–Kier alpha value is -1.62. The molecule has 0 aliphatic rings. The number of amides is 1. The molecule has 0 spiro atoms. The van der Waals surface area contributed by atoms with Crippen molar-refractivity contribution in [1.82, 2.24) is 4.98 Å². The van der Waals surface area contributed by atoms with Gasteiger partial charge in [0, 0.05) is 9.86 Å². The van der Waals surface area contributed by atoms with Crippen LogP contribution in [0.4, 0.5) is 10.5 Å². The molecule has 0 unspecified atom stereocenters. The molecular formula is C11H9BrN2O2. The fraction of sp³-hybridized carbons (Fsp3) is 0.0909. The Morgan fingerprint density at radius 2 is 2.25 bits per heavy atom. The van der Waals surface area contributed by atoms with Crippen molar-refractivity contribution in [2.75, 3.05) is 5.32 Å². The standard InChI is InChI=1S/C11H9BrN2O2/c1-6-8-4-7(12)2-3-9(8)13-5-10(6)14-11(15)16/h2-5,14H,1H3,(H,15,16). The van der Waals surface area contributed by atoms with Crippen LogP contribution in [0, 0.1) is 6.92 Å². The van der Waals surface area contributed by atoms with E-state index in [4.69, 9.17) is 5.11 Å². The molecule has 0 fully saturated rings. The minimum atomic E-state index is -1.08. The highest BCUT2D eigenvalue weighted by molar-refractivity contribution is 9.10. The molecule has 1 amide bonds. The fourth-order valence-corrected chi connectivity index (χ4v) is 1.90. The average molecular weight is 281 g/mol. The molecule has 5 heteroatoms. The third kappa shape index (κ3) is 1.99. The van der Waals surface area contributed by atoms with Gasteiger partial charge in [-0.05, 0) is 30.7 Å². The molecule has 0 aliphatic heterocycles. The van der Waals surface area contributed by atoms with Crippen LogP contribution >= 0.6 is 15.9 Å². The normalized spacial score (nSPS) is 10.4. The molecule has 1 heterocycles. The molecule has 0 atom stereocenters. The van der Waals surface area contributed by atoms with Crippen LogP contribution in [0.3, 0.4) is 0 Å². The van der Waals surface area contributed by atoms with Crippen LogP contribution in [0.5, 0.6) is 0 Å². The summed E-state index contributed by atoms with van der Waals surface area (Å²) in [5, 5.41) is 11.9. The molecule has 0 aliphatic carbocycles. The monoisotopic (exact) mass is 280 g/mol. The number of hydrogen-bond donors (Lipinski definition) is 2. The first-order chi connectivity index (χ1) is 7.58. The van der Waals surface area contributed by atoms with Crippen LogP contribution in [0.2, 0.25) is 0 Å². The zero-order valence-corrected chi connectivity index (χ0v) is 10.1. The lowest BCUT2D eigenvalue weighted by Crippen LogP contribution is -2.09. The van der Waals surface area contributed by atoms with E-state index >= 15 is 0 Å². The van der Waals surface area contributed by atoms with Gasteiger partial charge >= 0.3 is 6.09 Å². The number of carboxylic acid groups (broad SMARTS) is 1. The molecular weight excluding hydrogens is 272 g/mol. The van der Waals surface area contributed by atoms with Crippen molar-refractivity contribution in [2.24, 2.45) is 0 Å². The molecule has 0 saturated heterocycles. The van der Waals surface area contributed by atoms with E-state index in [-0.39, 0.29) is 0 Å². The van der Waals surface area contributed by atoms with Crippen LogP contribution < -0.4 is 5.32 Å². The van der Waals surface area contributed by atoms with Crippen LogP contribution in [0.25, 0.3) is 10.9 Å². The van der Waals surface area contributed by atoms with Crippen molar-refractivity contribution in [1.29, 1.82) is 0 Å².